The first-order chi connectivity index (χ1) is 10.7. The molecule has 0 saturated carbocycles. The summed E-state index contributed by atoms with van der Waals surface area (Å²) in [6, 6.07) is 5.72. The number of hydrogen-bond acceptors (Lipinski definition) is 7. The molecule has 8 heteroatoms. The highest BCUT2D eigenvalue weighted by atomic mass is 32.1. The molecule has 3 aromatic rings. The van der Waals surface area contributed by atoms with E-state index in [9.17, 15) is 9.59 Å². The highest BCUT2D eigenvalue weighted by Crippen LogP contribution is 2.21. The number of Topliss-reactive ketones (excluding diaryl/α,β-unsaturated/α-hetero) is 2. The number of nitrogens with zero attached hydrogens (tertiary/aromatic N) is 4. The van der Waals surface area contributed by atoms with Gasteiger partial charge < -0.3 is 0 Å². The van der Waals surface area contributed by atoms with Crippen molar-refractivity contribution in [2.75, 3.05) is 0 Å². The van der Waals surface area contributed by atoms with Gasteiger partial charge in [0.25, 0.3) is 5.78 Å². The summed E-state index contributed by atoms with van der Waals surface area (Å²) in [5, 5.41) is 14.4. The van der Waals surface area contributed by atoms with Crippen molar-refractivity contribution >= 4 is 22.9 Å². The molecule has 0 atom stereocenters. The number of hydrogen-bond donors (Lipinski definition) is 1. The normalized spacial score (nSPS) is 10.5. The zero-order valence-corrected chi connectivity index (χ0v) is 12.2. The lowest BCUT2D eigenvalue weighted by Gasteiger charge is -2.03. The molecule has 110 valence electrons. The van der Waals surface area contributed by atoms with Crippen molar-refractivity contribution in [2.24, 2.45) is 0 Å². The second-order valence-electron chi connectivity index (χ2n) is 4.57. The van der Waals surface area contributed by atoms with Crippen LogP contribution in [0.4, 0.5) is 0 Å². The van der Waals surface area contributed by atoms with Crippen LogP contribution >= 0.6 is 11.3 Å². The molecule has 3 heterocycles. The predicted molar refractivity (Wildman–Crippen MR) is 78.6 cm³/mol. The van der Waals surface area contributed by atoms with Crippen molar-refractivity contribution in [1.29, 1.82) is 0 Å². The maximum Gasteiger partial charge on any atom is 0.269 e. The number of rotatable bonds is 6. The number of ketones is 2. The van der Waals surface area contributed by atoms with Crippen molar-refractivity contribution in [2.45, 2.75) is 12.8 Å². The van der Waals surface area contributed by atoms with Gasteiger partial charge >= 0.3 is 0 Å². The van der Waals surface area contributed by atoms with Gasteiger partial charge in [0.1, 0.15) is 0 Å². The van der Waals surface area contributed by atoms with E-state index in [2.05, 4.69) is 25.6 Å². The van der Waals surface area contributed by atoms with Crippen LogP contribution in [0.15, 0.2) is 36.0 Å². The summed E-state index contributed by atoms with van der Waals surface area (Å²) in [4.78, 5) is 28.9. The molecule has 0 aromatic carbocycles. The van der Waals surface area contributed by atoms with Gasteiger partial charge in [-0.25, -0.2) is 0 Å². The Bertz CT molecular complexity index is 783. The standard InChI is InChI=1S/C14H11N5O2S/c20-11(13(21)14-16-18-19-17-14)8-10-3-6-22-12(10)7-9-1-4-15-5-2-9/h1-6H,7-8H2,(H,16,17,18,19). The maximum atomic E-state index is 12.0. The molecular formula is C14H11N5O2S. The van der Waals surface area contributed by atoms with Crippen LogP contribution in [0.3, 0.4) is 0 Å². The van der Waals surface area contributed by atoms with Crippen LogP contribution in [0.1, 0.15) is 26.6 Å². The van der Waals surface area contributed by atoms with Crippen LogP contribution in [-0.4, -0.2) is 37.2 Å². The molecule has 3 aromatic heterocycles. The third-order valence-corrected chi connectivity index (χ3v) is 4.07. The van der Waals surface area contributed by atoms with Crippen molar-refractivity contribution in [3.8, 4) is 0 Å². The average Bonchev–Trinajstić information content (AvgIpc) is 3.20. The summed E-state index contributed by atoms with van der Waals surface area (Å²) in [6.07, 6.45) is 4.21. The number of nitrogens with one attached hydrogen (secondary N) is 1. The van der Waals surface area contributed by atoms with Gasteiger partial charge in [-0.15, -0.1) is 21.5 Å². The predicted octanol–water partition coefficient (Wildman–Crippen LogP) is 1.24. The summed E-state index contributed by atoms with van der Waals surface area (Å²) < 4.78 is 0. The Morgan fingerprint density at radius 1 is 1.18 bits per heavy atom. The average molecular weight is 313 g/mol. The smallest absolute Gasteiger partial charge is 0.269 e. The first-order valence-electron chi connectivity index (χ1n) is 6.49. The number of carbonyl (C=O) groups excluding carboxylic acids is 2. The van der Waals surface area contributed by atoms with Crippen molar-refractivity contribution in [3.05, 3.63) is 57.8 Å². The molecule has 22 heavy (non-hydrogen) atoms. The topological polar surface area (TPSA) is 101 Å². The molecule has 0 unspecified atom stereocenters. The molecule has 0 fully saturated rings. The summed E-state index contributed by atoms with van der Waals surface area (Å²) in [7, 11) is 0. The molecule has 0 bridgehead atoms. The molecular weight excluding hydrogens is 302 g/mol. The van der Waals surface area contributed by atoms with E-state index in [1.54, 1.807) is 23.7 Å². The van der Waals surface area contributed by atoms with Crippen LogP contribution in [0.25, 0.3) is 0 Å². The van der Waals surface area contributed by atoms with Crippen LogP contribution in [0, 0.1) is 0 Å². The van der Waals surface area contributed by atoms with Crippen molar-refractivity contribution < 1.29 is 9.59 Å². The third kappa shape index (κ3) is 3.12. The molecule has 0 radical (unpaired) electrons. The lowest BCUT2D eigenvalue weighted by molar-refractivity contribution is -0.114. The zero-order valence-electron chi connectivity index (χ0n) is 11.4. The molecule has 0 aliphatic carbocycles. The minimum atomic E-state index is -0.727. The minimum Gasteiger partial charge on any atom is -0.290 e. The van der Waals surface area contributed by atoms with Crippen LogP contribution in [0.5, 0.6) is 0 Å². The monoisotopic (exact) mass is 313 g/mol. The molecule has 7 nitrogen and oxygen atoms in total. The summed E-state index contributed by atoms with van der Waals surface area (Å²) >= 11 is 1.56. The fourth-order valence-electron chi connectivity index (χ4n) is 2.00. The Kier molecular flexibility index (Phi) is 4.10. The fourth-order valence-corrected chi connectivity index (χ4v) is 2.94. The van der Waals surface area contributed by atoms with Gasteiger partial charge in [0.05, 0.1) is 0 Å². The van der Waals surface area contributed by atoms with Gasteiger partial charge in [-0.2, -0.15) is 5.21 Å². The Morgan fingerprint density at radius 3 is 2.73 bits per heavy atom. The number of aromatic nitrogens is 5. The van der Waals surface area contributed by atoms with Gasteiger partial charge in [0.15, 0.2) is 0 Å². The number of thiophene rings is 1. The van der Waals surface area contributed by atoms with E-state index in [1.165, 1.54) is 0 Å². The number of pyridine rings is 1. The Labute approximate surface area is 129 Å². The number of H-pyrrole nitrogens is 1. The molecule has 0 spiro atoms. The SMILES string of the molecule is O=C(Cc1ccsc1Cc1ccncc1)C(=O)c1nn[nH]n1. The van der Waals surface area contributed by atoms with Crippen LogP contribution in [0.2, 0.25) is 0 Å². The summed E-state index contributed by atoms with van der Waals surface area (Å²) in [5.41, 5.74) is 1.96. The van der Waals surface area contributed by atoms with Gasteiger partial charge in [-0.1, -0.05) is 0 Å². The Morgan fingerprint density at radius 2 is 2.00 bits per heavy atom. The van der Waals surface area contributed by atoms with Gasteiger partial charge in [-0.3, -0.25) is 14.6 Å². The molecule has 0 aliphatic rings. The number of carbonyl (C=O) groups is 2. The van der Waals surface area contributed by atoms with Gasteiger partial charge in [-0.05, 0) is 39.9 Å². The largest absolute Gasteiger partial charge is 0.290 e. The lowest BCUT2D eigenvalue weighted by Crippen LogP contribution is -2.18. The van der Waals surface area contributed by atoms with E-state index < -0.39 is 11.6 Å². The number of aromatic amines is 1. The van der Waals surface area contributed by atoms with E-state index in [0.717, 1.165) is 16.0 Å². The van der Waals surface area contributed by atoms with Crippen molar-refractivity contribution in [1.82, 2.24) is 25.6 Å². The summed E-state index contributed by atoms with van der Waals surface area (Å²) in [5.74, 6) is -1.47. The van der Waals surface area contributed by atoms with E-state index in [1.807, 2.05) is 23.6 Å². The Balaban J connectivity index is 1.72. The van der Waals surface area contributed by atoms with E-state index in [4.69, 9.17) is 0 Å². The second-order valence-corrected chi connectivity index (χ2v) is 5.57. The van der Waals surface area contributed by atoms with Crippen LogP contribution < -0.4 is 0 Å². The second kappa shape index (κ2) is 6.35. The third-order valence-electron chi connectivity index (χ3n) is 3.10. The van der Waals surface area contributed by atoms with E-state index in [-0.39, 0.29) is 12.2 Å². The van der Waals surface area contributed by atoms with E-state index >= 15 is 0 Å². The lowest BCUT2D eigenvalue weighted by atomic mass is 10.0. The van der Waals surface area contributed by atoms with E-state index in [0.29, 0.717) is 6.42 Å². The molecule has 0 saturated heterocycles. The zero-order chi connectivity index (χ0) is 15.4. The summed E-state index contributed by atoms with van der Waals surface area (Å²) in [6.45, 7) is 0. The highest BCUT2D eigenvalue weighted by molar-refractivity contribution is 7.10. The highest BCUT2D eigenvalue weighted by Gasteiger charge is 2.22. The van der Waals surface area contributed by atoms with Crippen molar-refractivity contribution in [3.63, 3.8) is 0 Å². The first kappa shape index (κ1) is 14.2. The first-order valence-corrected chi connectivity index (χ1v) is 7.37. The van der Waals surface area contributed by atoms with Gasteiger partial charge in [0.2, 0.25) is 11.6 Å². The molecule has 3 rings (SSSR count). The quantitative estimate of drug-likeness (QED) is 0.542. The maximum absolute atomic E-state index is 12.0. The molecule has 0 amide bonds. The fraction of sp³-hybridized carbons (Fsp3) is 0.143. The minimum absolute atomic E-state index is 0.0390. The molecule has 1 N–H and O–H groups in total. The number of tetrazole rings is 1. The van der Waals surface area contributed by atoms with Crippen LogP contribution in [-0.2, 0) is 17.6 Å². The molecule has 0 aliphatic heterocycles. The van der Waals surface area contributed by atoms with Gasteiger partial charge in [0, 0.05) is 30.1 Å². The Hall–Kier alpha value is -2.74.